The highest BCUT2D eigenvalue weighted by atomic mass is 79.9. The van der Waals surface area contributed by atoms with Gasteiger partial charge in [-0.1, -0.05) is 28.1 Å². The Kier molecular flexibility index (Phi) is 4.72. The Balaban J connectivity index is 1.66. The van der Waals surface area contributed by atoms with Crippen molar-refractivity contribution in [1.29, 1.82) is 0 Å². The minimum Gasteiger partial charge on any atom is -0.497 e. The van der Waals surface area contributed by atoms with Gasteiger partial charge >= 0.3 is 0 Å². The van der Waals surface area contributed by atoms with E-state index >= 15 is 0 Å². The molecule has 0 fully saturated rings. The molecule has 1 N–H and O–H groups in total. The largest absolute Gasteiger partial charge is 0.497 e. The molecule has 0 spiro atoms. The van der Waals surface area contributed by atoms with Crippen molar-refractivity contribution in [2.45, 2.75) is 6.92 Å². The highest BCUT2D eigenvalue weighted by Crippen LogP contribution is 2.27. The molecule has 0 bridgehead atoms. The number of halogens is 1. The lowest BCUT2D eigenvalue weighted by molar-refractivity contribution is 0.102. The van der Waals surface area contributed by atoms with E-state index in [1.165, 1.54) is 11.3 Å². The number of rotatable bonds is 4. The number of methoxy groups -OCH3 is 1. The van der Waals surface area contributed by atoms with Crippen molar-refractivity contribution in [2.75, 3.05) is 12.4 Å². The molecular formula is C20H16BrN3O2S. The topological polar surface area (TPSA) is 55.6 Å². The van der Waals surface area contributed by atoms with Crippen molar-refractivity contribution in [2.24, 2.45) is 0 Å². The highest BCUT2D eigenvalue weighted by Gasteiger charge is 2.16. The molecule has 2 aromatic heterocycles. The predicted octanol–water partition coefficient (Wildman–Crippen LogP) is 5.39. The van der Waals surface area contributed by atoms with Gasteiger partial charge in [-0.05, 0) is 42.8 Å². The van der Waals surface area contributed by atoms with Gasteiger partial charge in [0.1, 0.15) is 11.4 Å². The molecule has 5 nitrogen and oxygen atoms in total. The second kappa shape index (κ2) is 7.17. The molecule has 0 aliphatic carbocycles. The van der Waals surface area contributed by atoms with Gasteiger partial charge in [0, 0.05) is 27.3 Å². The number of imidazole rings is 1. The average Bonchev–Trinajstić information content (AvgIpc) is 3.24. The summed E-state index contributed by atoms with van der Waals surface area (Å²) in [5.74, 6) is 0.605. The van der Waals surface area contributed by atoms with E-state index in [0.717, 1.165) is 37.7 Å². The number of anilines is 1. The Hall–Kier alpha value is -2.64. The Morgan fingerprint density at radius 1 is 1.26 bits per heavy atom. The standard InChI is InChI=1S/C20H16BrN3O2S/c1-12-8-14(21)6-7-16(12)22-19(25)18-11-27-20-23-17(10-24(18)20)13-4-3-5-15(9-13)26-2/h3-11H,1-2H3,(H,22,25). The normalized spacial score (nSPS) is 10.9. The lowest BCUT2D eigenvalue weighted by Gasteiger charge is -2.08. The number of nitrogens with one attached hydrogen (secondary N) is 1. The maximum absolute atomic E-state index is 12.8. The van der Waals surface area contributed by atoms with Crippen LogP contribution in [0.1, 0.15) is 16.1 Å². The van der Waals surface area contributed by atoms with Crippen LogP contribution < -0.4 is 10.1 Å². The van der Waals surface area contributed by atoms with Crippen molar-refractivity contribution in [3.05, 3.63) is 69.8 Å². The lowest BCUT2D eigenvalue weighted by Crippen LogP contribution is -2.14. The first-order valence-electron chi connectivity index (χ1n) is 8.23. The number of carbonyl (C=O) groups is 1. The van der Waals surface area contributed by atoms with Gasteiger partial charge < -0.3 is 10.1 Å². The van der Waals surface area contributed by atoms with E-state index in [1.807, 2.05) is 65.4 Å². The second-order valence-corrected chi connectivity index (χ2v) is 7.80. The lowest BCUT2D eigenvalue weighted by atomic mass is 10.1. The zero-order valence-electron chi connectivity index (χ0n) is 14.7. The number of fused-ring (bicyclic) bond motifs is 1. The van der Waals surface area contributed by atoms with Crippen LogP contribution in [0.5, 0.6) is 5.75 Å². The maximum atomic E-state index is 12.8. The number of thiazole rings is 1. The molecule has 0 saturated heterocycles. The number of aromatic nitrogens is 2. The quantitative estimate of drug-likeness (QED) is 0.461. The summed E-state index contributed by atoms with van der Waals surface area (Å²) in [4.78, 5) is 18.2. The molecule has 0 unspecified atom stereocenters. The third-order valence-corrected chi connectivity index (χ3v) is 5.58. The summed E-state index contributed by atoms with van der Waals surface area (Å²) >= 11 is 4.87. The van der Waals surface area contributed by atoms with Gasteiger partial charge in [-0.2, -0.15) is 0 Å². The fraction of sp³-hybridized carbons (Fsp3) is 0.100. The summed E-state index contributed by atoms with van der Waals surface area (Å²) in [6, 6.07) is 13.5. The molecule has 2 heterocycles. The summed E-state index contributed by atoms with van der Waals surface area (Å²) in [5.41, 5.74) is 4.08. The Morgan fingerprint density at radius 2 is 2.11 bits per heavy atom. The predicted molar refractivity (Wildman–Crippen MR) is 112 cm³/mol. The van der Waals surface area contributed by atoms with E-state index in [2.05, 4.69) is 26.2 Å². The van der Waals surface area contributed by atoms with Gasteiger partial charge in [0.2, 0.25) is 0 Å². The van der Waals surface area contributed by atoms with Crippen molar-refractivity contribution in [3.63, 3.8) is 0 Å². The van der Waals surface area contributed by atoms with E-state index in [9.17, 15) is 4.79 Å². The Morgan fingerprint density at radius 3 is 2.89 bits per heavy atom. The van der Waals surface area contributed by atoms with Crippen LogP contribution in [0.4, 0.5) is 5.69 Å². The number of nitrogens with zero attached hydrogens (tertiary/aromatic N) is 2. The molecular weight excluding hydrogens is 426 g/mol. The van der Waals surface area contributed by atoms with E-state index in [4.69, 9.17) is 4.74 Å². The summed E-state index contributed by atoms with van der Waals surface area (Å²) in [5, 5.41) is 4.80. The molecule has 4 rings (SSSR count). The Labute approximate surface area is 168 Å². The van der Waals surface area contributed by atoms with Gasteiger partial charge in [-0.3, -0.25) is 9.20 Å². The zero-order valence-corrected chi connectivity index (χ0v) is 17.1. The van der Waals surface area contributed by atoms with E-state index in [0.29, 0.717) is 5.69 Å². The van der Waals surface area contributed by atoms with E-state index in [-0.39, 0.29) is 5.91 Å². The first kappa shape index (κ1) is 17.8. The number of amides is 1. The van der Waals surface area contributed by atoms with E-state index in [1.54, 1.807) is 7.11 Å². The minimum absolute atomic E-state index is 0.165. The van der Waals surface area contributed by atoms with Crippen LogP contribution >= 0.6 is 27.3 Å². The summed E-state index contributed by atoms with van der Waals surface area (Å²) in [6.07, 6.45) is 1.88. The van der Waals surface area contributed by atoms with Crippen LogP contribution in [-0.4, -0.2) is 22.4 Å². The number of hydrogen-bond acceptors (Lipinski definition) is 4. The van der Waals surface area contributed by atoms with Crippen LogP contribution in [0.15, 0.2) is 58.5 Å². The van der Waals surface area contributed by atoms with Crippen molar-refractivity contribution in [1.82, 2.24) is 9.38 Å². The fourth-order valence-corrected chi connectivity index (χ4v) is 4.15. The molecule has 0 aliphatic rings. The fourth-order valence-electron chi connectivity index (χ4n) is 2.82. The van der Waals surface area contributed by atoms with Crippen LogP contribution in [0.3, 0.4) is 0 Å². The highest BCUT2D eigenvalue weighted by molar-refractivity contribution is 9.10. The Bertz CT molecular complexity index is 1150. The first-order valence-corrected chi connectivity index (χ1v) is 9.91. The zero-order chi connectivity index (χ0) is 19.0. The number of hydrogen-bond donors (Lipinski definition) is 1. The van der Waals surface area contributed by atoms with Crippen molar-refractivity contribution < 1.29 is 9.53 Å². The van der Waals surface area contributed by atoms with Gasteiger partial charge in [-0.25, -0.2) is 4.98 Å². The molecule has 27 heavy (non-hydrogen) atoms. The van der Waals surface area contributed by atoms with Crippen molar-refractivity contribution in [3.8, 4) is 17.0 Å². The summed E-state index contributed by atoms with van der Waals surface area (Å²) in [6.45, 7) is 1.96. The number of aryl methyl sites for hydroxylation is 1. The third-order valence-electron chi connectivity index (χ3n) is 4.24. The molecule has 0 aliphatic heterocycles. The number of carbonyl (C=O) groups excluding carboxylic acids is 1. The van der Waals surface area contributed by atoms with E-state index < -0.39 is 0 Å². The molecule has 0 radical (unpaired) electrons. The molecule has 4 aromatic rings. The molecule has 1 amide bonds. The summed E-state index contributed by atoms with van der Waals surface area (Å²) < 4.78 is 8.08. The van der Waals surface area contributed by atoms with Crippen LogP contribution in [-0.2, 0) is 0 Å². The summed E-state index contributed by atoms with van der Waals surface area (Å²) in [7, 11) is 1.64. The van der Waals surface area contributed by atoms with Crippen LogP contribution in [0.25, 0.3) is 16.2 Å². The molecule has 136 valence electrons. The second-order valence-electron chi connectivity index (χ2n) is 6.04. The smallest absolute Gasteiger partial charge is 0.273 e. The van der Waals surface area contributed by atoms with Gasteiger partial charge in [0.15, 0.2) is 4.96 Å². The van der Waals surface area contributed by atoms with Crippen molar-refractivity contribution >= 4 is 43.8 Å². The number of benzene rings is 2. The minimum atomic E-state index is -0.165. The molecule has 7 heteroatoms. The number of ether oxygens (including phenoxy) is 1. The average molecular weight is 442 g/mol. The van der Waals surface area contributed by atoms with Gasteiger partial charge in [-0.15, -0.1) is 11.3 Å². The van der Waals surface area contributed by atoms with Gasteiger partial charge in [0.05, 0.1) is 12.8 Å². The third kappa shape index (κ3) is 3.48. The molecule has 0 atom stereocenters. The van der Waals surface area contributed by atoms with Gasteiger partial charge in [0.25, 0.3) is 5.91 Å². The molecule has 0 saturated carbocycles. The SMILES string of the molecule is COc1cccc(-c2cn3c(C(=O)Nc4ccc(Br)cc4C)csc3n2)c1. The molecule has 2 aromatic carbocycles. The van der Waals surface area contributed by atoms with Crippen LogP contribution in [0.2, 0.25) is 0 Å². The maximum Gasteiger partial charge on any atom is 0.273 e. The van der Waals surface area contributed by atoms with Crippen LogP contribution in [0, 0.1) is 6.92 Å². The first-order chi connectivity index (χ1) is 13.0. The monoisotopic (exact) mass is 441 g/mol.